The number of hydrogen-bond acceptors (Lipinski definition) is 3. The predicted molar refractivity (Wildman–Crippen MR) is 104 cm³/mol. The molecule has 0 saturated heterocycles. The molecule has 0 radical (unpaired) electrons. The van der Waals surface area contributed by atoms with Gasteiger partial charge in [0, 0.05) is 17.7 Å². The third-order valence-corrected chi connectivity index (χ3v) is 5.51. The summed E-state index contributed by atoms with van der Waals surface area (Å²) >= 11 is 9.11. The van der Waals surface area contributed by atoms with Gasteiger partial charge >= 0.3 is 0 Å². The molecule has 1 aliphatic carbocycles. The smallest absolute Gasteiger partial charge is 0.251 e. The highest BCUT2D eigenvalue weighted by Crippen LogP contribution is 2.27. The number of nitrogens with zero attached hydrogens (tertiary/aromatic N) is 1. The van der Waals surface area contributed by atoms with E-state index in [-0.39, 0.29) is 18.1 Å². The number of amides is 1. The molecular formula is C20H17BrClFN2O2. The van der Waals surface area contributed by atoms with E-state index in [9.17, 15) is 9.18 Å². The molecule has 4 nitrogen and oxygen atoms in total. The second-order valence-corrected chi connectivity index (χ2v) is 7.71. The van der Waals surface area contributed by atoms with Crippen molar-refractivity contribution in [2.45, 2.75) is 37.8 Å². The van der Waals surface area contributed by atoms with Gasteiger partial charge in [-0.2, -0.15) is 5.26 Å². The van der Waals surface area contributed by atoms with Gasteiger partial charge in [0.05, 0.1) is 21.2 Å². The van der Waals surface area contributed by atoms with Crippen LogP contribution in [-0.4, -0.2) is 18.1 Å². The molecule has 3 rings (SSSR count). The summed E-state index contributed by atoms with van der Waals surface area (Å²) < 4.78 is 19.9. The lowest BCUT2D eigenvalue weighted by Crippen LogP contribution is -2.39. The minimum atomic E-state index is -0.458. The molecule has 0 atom stereocenters. The Morgan fingerprint density at radius 3 is 2.59 bits per heavy atom. The van der Waals surface area contributed by atoms with Gasteiger partial charge < -0.3 is 10.1 Å². The highest BCUT2D eigenvalue weighted by atomic mass is 79.9. The van der Waals surface area contributed by atoms with E-state index in [1.807, 2.05) is 6.07 Å². The van der Waals surface area contributed by atoms with Crippen molar-refractivity contribution in [2.75, 3.05) is 0 Å². The lowest BCUT2D eigenvalue weighted by Gasteiger charge is -2.29. The molecular weight excluding hydrogens is 435 g/mol. The van der Waals surface area contributed by atoms with Crippen molar-refractivity contribution in [3.8, 4) is 11.8 Å². The summed E-state index contributed by atoms with van der Waals surface area (Å²) in [5.74, 6) is -0.0951. The molecule has 0 aliphatic heterocycles. The van der Waals surface area contributed by atoms with E-state index in [1.165, 1.54) is 12.1 Å². The summed E-state index contributed by atoms with van der Waals surface area (Å²) in [6.45, 7) is 0. The van der Waals surface area contributed by atoms with E-state index in [1.54, 1.807) is 24.3 Å². The molecule has 2 aromatic carbocycles. The van der Waals surface area contributed by atoms with Crippen molar-refractivity contribution in [1.82, 2.24) is 5.32 Å². The predicted octanol–water partition coefficient (Wildman–Crippen LogP) is 5.23. The zero-order valence-corrected chi connectivity index (χ0v) is 16.7. The van der Waals surface area contributed by atoms with Crippen molar-refractivity contribution in [3.63, 3.8) is 0 Å². The Kier molecular flexibility index (Phi) is 6.35. The van der Waals surface area contributed by atoms with Crippen LogP contribution in [0, 0.1) is 17.1 Å². The van der Waals surface area contributed by atoms with E-state index in [0.29, 0.717) is 26.4 Å². The van der Waals surface area contributed by atoms with Gasteiger partial charge in [-0.1, -0.05) is 11.6 Å². The number of nitriles is 1. The maximum Gasteiger partial charge on any atom is 0.251 e. The van der Waals surface area contributed by atoms with E-state index < -0.39 is 5.82 Å². The van der Waals surface area contributed by atoms with Crippen LogP contribution in [0.3, 0.4) is 0 Å². The van der Waals surface area contributed by atoms with Gasteiger partial charge in [-0.25, -0.2) is 4.39 Å². The molecule has 27 heavy (non-hydrogen) atoms. The van der Waals surface area contributed by atoms with Gasteiger partial charge in [0.1, 0.15) is 17.6 Å². The first-order chi connectivity index (χ1) is 13.0. The third kappa shape index (κ3) is 5.00. The number of benzene rings is 2. The van der Waals surface area contributed by atoms with Crippen molar-refractivity contribution in [1.29, 1.82) is 5.26 Å². The van der Waals surface area contributed by atoms with Gasteiger partial charge in [-0.3, -0.25) is 4.79 Å². The fourth-order valence-electron chi connectivity index (χ4n) is 3.08. The number of halogens is 3. The Balaban J connectivity index is 1.51. The molecule has 2 aromatic rings. The average Bonchev–Trinajstić information content (AvgIpc) is 2.65. The van der Waals surface area contributed by atoms with E-state index >= 15 is 0 Å². The number of rotatable bonds is 4. The quantitative estimate of drug-likeness (QED) is 0.692. The second-order valence-electron chi connectivity index (χ2n) is 6.45. The van der Waals surface area contributed by atoms with Crippen LogP contribution < -0.4 is 10.1 Å². The Morgan fingerprint density at radius 2 is 1.96 bits per heavy atom. The molecule has 1 fully saturated rings. The van der Waals surface area contributed by atoms with Crippen LogP contribution in [0.25, 0.3) is 0 Å². The summed E-state index contributed by atoms with van der Waals surface area (Å²) in [5, 5.41) is 12.2. The first-order valence-electron chi connectivity index (χ1n) is 8.58. The van der Waals surface area contributed by atoms with Crippen LogP contribution in [-0.2, 0) is 0 Å². The summed E-state index contributed by atoms with van der Waals surface area (Å²) in [4.78, 5) is 12.3. The average molecular weight is 452 g/mol. The number of ether oxygens (including phenoxy) is 1. The zero-order valence-electron chi connectivity index (χ0n) is 14.3. The van der Waals surface area contributed by atoms with Crippen LogP contribution >= 0.6 is 27.5 Å². The summed E-state index contributed by atoms with van der Waals surface area (Å²) in [5.41, 5.74) is 0.723. The Morgan fingerprint density at radius 1 is 1.22 bits per heavy atom. The molecule has 0 spiro atoms. The normalized spacial score (nSPS) is 19.2. The van der Waals surface area contributed by atoms with Gasteiger partial charge in [0.25, 0.3) is 5.91 Å². The minimum Gasteiger partial charge on any atom is -0.490 e. The van der Waals surface area contributed by atoms with Crippen molar-refractivity contribution < 1.29 is 13.9 Å². The molecule has 1 aliphatic rings. The molecule has 0 bridgehead atoms. The maximum atomic E-state index is 13.6. The van der Waals surface area contributed by atoms with Gasteiger partial charge in [-0.05, 0) is 71.9 Å². The minimum absolute atomic E-state index is 0.0345. The highest BCUT2D eigenvalue weighted by molar-refractivity contribution is 9.10. The summed E-state index contributed by atoms with van der Waals surface area (Å²) in [7, 11) is 0. The van der Waals surface area contributed by atoms with Crippen LogP contribution in [0.1, 0.15) is 41.6 Å². The van der Waals surface area contributed by atoms with Crippen LogP contribution in [0.2, 0.25) is 5.02 Å². The molecule has 0 heterocycles. The van der Waals surface area contributed by atoms with Crippen LogP contribution in [0.4, 0.5) is 4.39 Å². The lowest BCUT2D eigenvalue weighted by atomic mass is 9.92. The molecule has 0 unspecified atom stereocenters. The topological polar surface area (TPSA) is 62.1 Å². The molecule has 0 aromatic heterocycles. The number of hydrogen-bond donors (Lipinski definition) is 1. The first kappa shape index (κ1) is 19.7. The van der Waals surface area contributed by atoms with Crippen LogP contribution in [0.5, 0.6) is 5.75 Å². The molecule has 1 saturated carbocycles. The number of carbonyl (C=O) groups is 1. The van der Waals surface area contributed by atoms with Gasteiger partial charge in [-0.15, -0.1) is 0 Å². The Bertz CT molecular complexity index is 892. The summed E-state index contributed by atoms with van der Waals surface area (Å²) in [6.07, 6.45) is 3.17. The number of carbonyl (C=O) groups excluding carboxylic acids is 1. The van der Waals surface area contributed by atoms with Crippen LogP contribution in [0.15, 0.2) is 40.9 Å². The zero-order chi connectivity index (χ0) is 19.4. The molecule has 140 valence electrons. The van der Waals surface area contributed by atoms with E-state index in [0.717, 1.165) is 25.7 Å². The SMILES string of the molecule is N#Cc1ccc(O[C@H]2CC[C@H](NC(=O)c3ccc(Br)c(F)c3)CC2)cc1Cl. The standard InChI is InChI=1S/C20H17BrClFN2O2/c21-17-8-2-12(9-19(17)23)20(26)25-14-3-6-15(7-4-14)27-16-5-1-13(11-24)18(22)10-16/h1-2,5,8-10,14-15H,3-4,6-7H2,(H,25,26)/t14-,15-. The second kappa shape index (κ2) is 8.73. The van der Waals surface area contributed by atoms with E-state index in [2.05, 4.69) is 21.2 Å². The third-order valence-electron chi connectivity index (χ3n) is 4.55. The fraction of sp³-hybridized carbons (Fsp3) is 0.300. The van der Waals surface area contributed by atoms with Crippen molar-refractivity contribution in [3.05, 3.63) is 62.8 Å². The Labute approximate surface area is 170 Å². The van der Waals surface area contributed by atoms with Gasteiger partial charge in [0.2, 0.25) is 0 Å². The van der Waals surface area contributed by atoms with Crippen molar-refractivity contribution >= 4 is 33.4 Å². The highest BCUT2D eigenvalue weighted by Gasteiger charge is 2.24. The maximum absolute atomic E-state index is 13.6. The van der Waals surface area contributed by atoms with Gasteiger partial charge in [0.15, 0.2) is 0 Å². The first-order valence-corrected chi connectivity index (χ1v) is 9.75. The van der Waals surface area contributed by atoms with E-state index in [4.69, 9.17) is 21.6 Å². The number of nitrogens with one attached hydrogen (secondary N) is 1. The van der Waals surface area contributed by atoms with Crippen molar-refractivity contribution in [2.24, 2.45) is 0 Å². The fourth-order valence-corrected chi connectivity index (χ4v) is 3.54. The monoisotopic (exact) mass is 450 g/mol. The Hall–Kier alpha value is -2.10. The molecule has 1 N–H and O–H groups in total. The molecule has 1 amide bonds. The summed E-state index contributed by atoms with van der Waals surface area (Å²) in [6, 6.07) is 11.4. The molecule has 7 heteroatoms. The largest absolute Gasteiger partial charge is 0.490 e. The lowest BCUT2D eigenvalue weighted by molar-refractivity contribution is 0.0893.